The molecular formula is C20H22N4O4S. The molecule has 29 heavy (non-hydrogen) atoms. The zero-order valence-corrected chi connectivity index (χ0v) is 17.0. The van der Waals surface area contributed by atoms with Crippen molar-refractivity contribution in [3.8, 4) is 11.4 Å². The van der Waals surface area contributed by atoms with Crippen molar-refractivity contribution in [1.82, 2.24) is 15.5 Å². The van der Waals surface area contributed by atoms with Crippen LogP contribution in [-0.4, -0.2) is 36.8 Å². The van der Waals surface area contributed by atoms with Crippen LogP contribution in [0.3, 0.4) is 0 Å². The van der Waals surface area contributed by atoms with Crippen molar-refractivity contribution in [1.29, 1.82) is 0 Å². The number of anilines is 1. The molecule has 0 spiro atoms. The zero-order chi connectivity index (χ0) is 20.9. The molecule has 8 nitrogen and oxygen atoms in total. The molecule has 1 heterocycles. The Kier molecular flexibility index (Phi) is 6.28. The molecule has 1 atom stereocenters. The molecule has 0 aliphatic rings. The molecule has 0 aliphatic heterocycles. The number of para-hydroxylation sites is 1. The van der Waals surface area contributed by atoms with Gasteiger partial charge in [-0.25, -0.2) is 8.42 Å². The predicted octanol–water partition coefficient (Wildman–Crippen LogP) is 2.60. The number of hydrogen-bond acceptors (Lipinski definition) is 6. The van der Waals surface area contributed by atoms with Crippen LogP contribution in [0, 0.1) is 0 Å². The molecule has 0 aliphatic carbocycles. The number of sulfonamides is 1. The van der Waals surface area contributed by atoms with Crippen molar-refractivity contribution < 1.29 is 17.7 Å². The number of benzene rings is 2. The van der Waals surface area contributed by atoms with Gasteiger partial charge >= 0.3 is 0 Å². The molecule has 1 amide bonds. The number of hydrogen-bond donors (Lipinski definition) is 1. The van der Waals surface area contributed by atoms with Crippen LogP contribution in [0.2, 0.25) is 0 Å². The summed E-state index contributed by atoms with van der Waals surface area (Å²) in [7, 11) is -3.67. The molecule has 2 aromatic carbocycles. The lowest BCUT2D eigenvalue weighted by molar-refractivity contribution is -0.122. The number of nitrogens with one attached hydrogen (secondary N) is 1. The van der Waals surface area contributed by atoms with Gasteiger partial charge in [0.05, 0.1) is 18.5 Å². The van der Waals surface area contributed by atoms with Crippen LogP contribution in [0.5, 0.6) is 0 Å². The molecular weight excluding hydrogens is 392 g/mol. The summed E-state index contributed by atoms with van der Waals surface area (Å²) in [4.78, 5) is 17.0. The minimum atomic E-state index is -3.67. The first-order chi connectivity index (χ1) is 13.9. The van der Waals surface area contributed by atoms with E-state index in [-0.39, 0.29) is 12.4 Å². The van der Waals surface area contributed by atoms with E-state index in [0.29, 0.717) is 17.9 Å². The molecule has 0 unspecified atom stereocenters. The summed E-state index contributed by atoms with van der Waals surface area (Å²) in [6, 6.07) is 17.0. The molecule has 0 saturated heterocycles. The lowest BCUT2D eigenvalue weighted by Crippen LogP contribution is -2.49. The first kappa shape index (κ1) is 20.5. The molecule has 0 fully saturated rings. The van der Waals surface area contributed by atoms with Crippen molar-refractivity contribution >= 4 is 21.6 Å². The fraction of sp³-hybridized carbons (Fsp3) is 0.250. The molecule has 1 N–H and O–H groups in total. The quantitative estimate of drug-likeness (QED) is 0.607. The summed E-state index contributed by atoms with van der Waals surface area (Å²) in [6.07, 6.45) is 1.38. The summed E-state index contributed by atoms with van der Waals surface area (Å²) in [5.74, 6) is 0.211. The van der Waals surface area contributed by atoms with Gasteiger partial charge in [0.2, 0.25) is 27.6 Å². The van der Waals surface area contributed by atoms with Gasteiger partial charge in [-0.15, -0.1) is 0 Å². The van der Waals surface area contributed by atoms with Crippen molar-refractivity contribution in [2.75, 3.05) is 10.6 Å². The van der Waals surface area contributed by atoms with E-state index in [1.807, 2.05) is 30.3 Å². The van der Waals surface area contributed by atoms with Crippen LogP contribution in [0.4, 0.5) is 5.69 Å². The Morgan fingerprint density at radius 2 is 1.72 bits per heavy atom. The minimum Gasteiger partial charge on any atom is -0.345 e. The number of carbonyl (C=O) groups excluding carboxylic acids is 1. The Morgan fingerprint density at radius 3 is 2.31 bits per heavy atom. The van der Waals surface area contributed by atoms with Crippen molar-refractivity contribution in [3.63, 3.8) is 0 Å². The summed E-state index contributed by atoms with van der Waals surface area (Å²) in [6.45, 7) is 1.76. The molecule has 0 radical (unpaired) electrons. The largest absolute Gasteiger partial charge is 0.345 e. The van der Waals surface area contributed by atoms with Crippen molar-refractivity contribution in [2.24, 2.45) is 0 Å². The monoisotopic (exact) mass is 414 g/mol. The van der Waals surface area contributed by atoms with E-state index < -0.39 is 22.0 Å². The van der Waals surface area contributed by atoms with Gasteiger partial charge in [0.15, 0.2) is 0 Å². The fourth-order valence-corrected chi connectivity index (χ4v) is 4.16. The third kappa shape index (κ3) is 5.00. The first-order valence-corrected chi connectivity index (χ1v) is 10.9. The number of carbonyl (C=O) groups is 1. The molecule has 0 bridgehead atoms. The van der Waals surface area contributed by atoms with Crippen LogP contribution in [0.25, 0.3) is 11.4 Å². The van der Waals surface area contributed by atoms with Crippen LogP contribution in [-0.2, 0) is 21.4 Å². The summed E-state index contributed by atoms with van der Waals surface area (Å²) in [5.41, 5.74) is 1.23. The standard InChI is InChI=1S/C20H22N4O4S/c1-3-17(24(29(2,26)27)16-12-8-5-9-13-16)20(25)21-14-18-22-19(23-28-18)15-10-6-4-7-11-15/h4-13,17H,3,14H2,1-2H3,(H,21,25)/t17-/m1/s1. The lowest BCUT2D eigenvalue weighted by atomic mass is 10.2. The SMILES string of the molecule is CC[C@H](C(=O)NCc1nc(-c2ccccc2)no1)N(c1ccccc1)S(C)(=O)=O. The van der Waals surface area contributed by atoms with Gasteiger partial charge in [-0.2, -0.15) is 4.98 Å². The highest BCUT2D eigenvalue weighted by Gasteiger charge is 2.31. The van der Waals surface area contributed by atoms with Crippen molar-refractivity contribution in [2.45, 2.75) is 25.9 Å². The second-order valence-electron chi connectivity index (χ2n) is 6.41. The second-order valence-corrected chi connectivity index (χ2v) is 8.27. The van der Waals surface area contributed by atoms with Gasteiger partial charge in [-0.1, -0.05) is 60.6 Å². The van der Waals surface area contributed by atoms with Crippen LogP contribution in [0.15, 0.2) is 65.2 Å². The van der Waals surface area contributed by atoms with E-state index in [0.717, 1.165) is 16.1 Å². The Balaban J connectivity index is 1.74. The van der Waals surface area contributed by atoms with Crippen LogP contribution in [0.1, 0.15) is 19.2 Å². The number of rotatable bonds is 8. The summed E-state index contributed by atoms with van der Waals surface area (Å²) in [5, 5.41) is 6.60. The maximum Gasteiger partial charge on any atom is 0.246 e. The predicted molar refractivity (Wildman–Crippen MR) is 109 cm³/mol. The number of aromatic nitrogens is 2. The number of amides is 1. The second kappa shape index (κ2) is 8.87. The van der Waals surface area contributed by atoms with Gasteiger partial charge < -0.3 is 9.84 Å². The summed E-state index contributed by atoms with van der Waals surface area (Å²) >= 11 is 0. The Bertz CT molecular complexity index is 1050. The highest BCUT2D eigenvalue weighted by molar-refractivity contribution is 7.92. The highest BCUT2D eigenvalue weighted by atomic mass is 32.2. The third-order valence-corrected chi connectivity index (χ3v) is 5.43. The molecule has 152 valence electrons. The average Bonchev–Trinajstić information content (AvgIpc) is 3.19. The topological polar surface area (TPSA) is 105 Å². The van der Waals surface area contributed by atoms with Gasteiger partial charge in [-0.3, -0.25) is 9.10 Å². The first-order valence-electron chi connectivity index (χ1n) is 9.10. The van der Waals surface area contributed by atoms with Gasteiger partial charge in [0.25, 0.3) is 0 Å². The third-order valence-electron chi connectivity index (χ3n) is 4.25. The van der Waals surface area contributed by atoms with Crippen LogP contribution >= 0.6 is 0 Å². The minimum absolute atomic E-state index is 0.00155. The van der Waals surface area contributed by atoms with Crippen molar-refractivity contribution in [3.05, 3.63) is 66.6 Å². The Hall–Kier alpha value is -3.20. The van der Waals surface area contributed by atoms with E-state index in [4.69, 9.17) is 4.52 Å². The highest BCUT2D eigenvalue weighted by Crippen LogP contribution is 2.22. The maximum atomic E-state index is 12.8. The van der Waals surface area contributed by atoms with E-state index >= 15 is 0 Å². The number of nitrogens with zero attached hydrogens (tertiary/aromatic N) is 3. The molecule has 9 heteroatoms. The van der Waals surface area contributed by atoms with E-state index in [1.54, 1.807) is 37.3 Å². The molecule has 3 rings (SSSR count). The average molecular weight is 414 g/mol. The molecule has 3 aromatic rings. The Morgan fingerprint density at radius 1 is 1.10 bits per heavy atom. The van der Waals surface area contributed by atoms with Crippen LogP contribution < -0.4 is 9.62 Å². The molecule has 1 aromatic heterocycles. The van der Waals surface area contributed by atoms with E-state index in [9.17, 15) is 13.2 Å². The van der Waals surface area contributed by atoms with E-state index in [2.05, 4.69) is 15.5 Å². The summed E-state index contributed by atoms with van der Waals surface area (Å²) < 4.78 is 31.1. The normalized spacial score (nSPS) is 12.3. The zero-order valence-electron chi connectivity index (χ0n) is 16.1. The van der Waals surface area contributed by atoms with E-state index in [1.165, 1.54) is 0 Å². The van der Waals surface area contributed by atoms with Gasteiger partial charge in [-0.05, 0) is 18.6 Å². The Labute approximate surface area is 169 Å². The maximum absolute atomic E-state index is 12.8. The van der Waals surface area contributed by atoms with Gasteiger partial charge in [0, 0.05) is 5.56 Å². The van der Waals surface area contributed by atoms with Gasteiger partial charge in [0.1, 0.15) is 6.04 Å². The smallest absolute Gasteiger partial charge is 0.246 e. The molecule has 0 saturated carbocycles. The fourth-order valence-electron chi connectivity index (χ4n) is 2.95. The lowest BCUT2D eigenvalue weighted by Gasteiger charge is -2.29.